The normalized spacial score (nSPS) is 11.1. The quantitative estimate of drug-likeness (QED) is 0.858. The molecule has 1 aromatic carbocycles. The Labute approximate surface area is 123 Å². The molecule has 1 N–H and O–H groups in total. The van der Waals surface area contributed by atoms with Gasteiger partial charge in [-0.25, -0.2) is 4.39 Å². The fourth-order valence-electron chi connectivity index (χ4n) is 1.76. The van der Waals surface area contributed by atoms with Gasteiger partial charge in [-0.3, -0.25) is 0 Å². The van der Waals surface area contributed by atoms with E-state index in [2.05, 4.69) is 31.3 Å². The highest BCUT2D eigenvalue weighted by Crippen LogP contribution is 2.21. The summed E-state index contributed by atoms with van der Waals surface area (Å²) in [5.74, 6) is 0.509. The van der Waals surface area contributed by atoms with Gasteiger partial charge in [0.1, 0.15) is 18.2 Å². The molecule has 2 rings (SSSR count). The molecule has 0 fully saturated rings. The van der Waals surface area contributed by atoms with E-state index in [9.17, 15) is 4.39 Å². The molecule has 0 radical (unpaired) electrons. The largest absolute Gasteiger partial charge is 0.488 e. The fourth-order valence-corrected chi connectivity index (χ4v) is 2.64. The molecular formula is C16H20FNOS. The summed E-state index contributed by atoms with van der Waals surface area (Å²) < 4.78 is 18.8. The molecule has 20 heavy (non-hydrogen) atoms. The molecule has 0 bridgehead atoms. The van der Waals surface area contributed by atoms with E-state index < -0.39 is 0 Å². The minimum Gasteiger partial charge on any atom is -0.488 e. The van der Waals surface area contributed by atoms with Gasteiger partial charge in [-0.15, -0.1) is 11.3 Å². The Balaban J connectivity index is 1.89. The van der Waals surface area contributed by atoms with Crippen LogP contribution in [-0.4, -0.2) is 6.04 Å². The van der Waals surface area contributed by atoms with Gasteiger partial charge >= 0.3 is 0 Å². The number of hydrogen-bond acceptors (Lipinski definition) is 3. The summed E-state index contributed by atoms with van der Waals surface area (Å²) in [6.07, 6.45) is 0. The van der Waals surface area contributed by atoms with Crippen molar-refractivity contribution >= 4 is 11.3 Å². The molecule has 1 heterocycles. The maximum absolute atomic E-state index is 13.2. The van der Waals surface area contributed by atoms with Crippen molar-refractivity contribution in [3.05, 3.63) is 51.5 Å². The number of rotatable bonds is 6. The number of benzene rings is 1. The van der Waals surface area contributed by atoms with Crippen molar-refractivity contribution in [2.45, 2.75) is 40.0 Å². The Hall–Kier alpha value is -1.39. The zero-order valence-electron chi connectivity index (χ0n) is 12.1. The first-order valence-electron chi connectivity index (χ1n) is 6.74. The van der Waals surface area contributed by atoms with Gasteiger partial charge in [-0.05, 0) is 42.8 Å². The summed E-state index contributed by atoms with van der Waals surface area (Å²) in [6, 6.07) is 9.52. The Bertz CT molecular complexity index is 565. The standard InChI is InChI=1S/C16H20FNOS/c1-11(2)18-9-14-5-6-15(20-14)10-19-13-4-7-16(17)12(3)8-13/h4-8,11,18H,9-10H2,1-3H3. The van der Waals surface area contributed by atoms with Gasteiger partial charge in [0.05, 0.1) is 0 Å². The predicted molar refractivity (Wildman–Crippen MR) is 81.8 cm³/mol. The molecule has 0 saturated heterocycles. The summed E-state index contributed by atoms with van der Waals surface area (Å²) in [7, 11) is 0. The molecule has 0 aliphatic rings. The van der Waals surface area contributed by atoms with Crippen LogP contribution in [0.4, 0.5) is 4.39 Å². The van der Waals surface area contributed by atoms with Gasteiger partial charge in [0.25, 0.3) is 0 Å². The van der Waals surface area contributed by atoms with Crippen LogP contribution in [0.5, 0.6) is 5.75 Å². The van der Waals surface area contributed by atoms with Crippen molar-refractivity contribution < 1.29 is 9.13 Å². The number of halogens is 1. The van der Waals surface area contributed by atoms with Crippen molar-refractivity contribution in [1.29, 1.82) is 0 Å². The topological polar surface area (TPSA) is 21.3 Å². The van der Waals surface area contributed by atoms with Crippen LogP contribution >= 0.6 is 11.3 Å². The lowest BCUT2D eigenvalue weighted by Gasteiger charge is -2.06. The van der Waals surface area contributed by atoms with Crippen molar-refractivity contribution in [1.82, 2.24) is 5.32 Å². The minimum absolute atomic E-state index is 0.199. The van der Waals surface area contributed by atoms with Crippen LogP contribution in [-0.2, 0) is 13.2 Å². The van der Waals surface area contributed by atoms with Crippen LogP contribution in [0.15, 0.2) is 30.3 Å². The van der Waals surface area contributed by atoms with Crippen LogP contribution in [0.25, 0.3) is 0 Å². The van der Waals surface area contributed by atoms with Crippen LogP contribution in [0.3, 0.4) is 0 Å². The summed E-state index contributed by atoms with van der Waals surface area (Å²) in [4.78, 5) is 2.47. The first kappa shape index (κ1) is 15.0. The third-order valence-corrected chi connectivity index (χ3v) is 3.97. The Morgan fingerprint density at radius 2 is 1.95 bits per heavy atom. The van der Waals surface area contributed by atoms with Crippen LogP contribution in [0, 0.1) is 12.7 Å². The maximum atomic E-state index is 13.2. The van der Waals surface area contributed by atoms with E-state index in [4.69, 9.17) is 4.74 Å². The third kappa shape index (κ3) is 4.32. The zero-order chi connectivity index (χ0) is 14.5. The molecule has 2 aromatic rings. The smallest absolute Gasteiger partial charge is 0.126 e. The van der Waals surface area contributed by atoms with Crippen molar-refractivity contribution in [2.75, 3.05) is 0 Å². The second kappa shape index (κ2) is 6.86. The molecule has 0 saturated carbocycles. The number of hydrogen-bond donors (Lipinski definition) is 1. The van der Waals surface area contributed by atoms with E-state index in [1.807, 2.05) is 0 Å². The Kier molecular flexibility index (Phi) is 5.15. The first-order chi connectivity index (χ1) is 9.54. The second-order valence-corrected chi connectivity index (χ2v) is 6.36. The van der Waals surface area contributed by atoms with Crippen LogP contribution in [0.2, 0.25) is 0 Å². The lowest BCUT2D eigenvalue weighted by molar-refractivity contribution is 0.309. The van der Waals surface area contributed by atoms with Gasteiger partial charge in [0, 0.05) is 22.3 Å². The number of ether oxygens (including phenoxy) is 1. The summed E-state index contributed by atoms with van der Waals surface area (Å²) in [6.45, 7) is 7.42. The van der Waals surface area contributed by atoms with Crippen LogP contribution < -0.4 is 10.1 Å². The molecule has 0 atom stereocenters. The average molecular weight is 293 g/mol. The molecule has 4 heteroatoms. The van der Waals surface area contributed by atoms with E-state index >= 15 is 0 Å². The second-order valence-electron chi connectivity index (χ2n) is 5.10. The van der Waals surface area contributed by atoms with E-state index in [0.29, 0.717) is 24.0 Å². The molecule has 0 spiro atoms. The van der Waals surface area contributed by atoms with Gasteiger partial charge < -0.3 is 10.1 Å². The monoisotopic (exact) mass is 293 g/mol. The molecule has 108 valence electrons. The van der Waals surface area contributed by atoms with Gasteiger partial charge in [-0.1, -0.05) is 13.8 Å². The lowest BCUT2D eigenvalue weighted by atomic mass is 10.2. The van der Waals surface area contributed by atoms with E-state index in [1.54, 1.807) is 30.4 Å². The van der Waals surface area contributed by atoms with Crippen molar-refractivity contribution in [2.24, 2.45) is 0 Å². The van der Waals surface area contributed by atoms with Gasteiger partial charge in [-0.2, -0.15) is 0 Å². The Morgan fingerprint density at radius 1 is 1.20 bits per heavy atom. The molecule has 0 aliphatic heterocycles. The number of aryl methyl sites for hydroxylation is 1. The number of nitrogens with one attached hydrogen (secondary N) is 1. The van der Waals surface area contributed by atoms with Crippen LogP contribution in [0.1, 0.15) is 29.2 Å². The van der Waals surface area contributed by atoms with Crippen molar-refractivity contribution in [3.63, 3.8) is 0 Å². The highest BCUT2D eigenvalue weighted by Gasteiger charge is 2.04. The average Bonchev–Trinajstić information content (AvgIpc) is 2.86. The summed E-state index contributed by atoms with van der Waals surface area (Å²) in [5.41, 5.74) is 0.607. The van der Waals surface area contributed by atoms with Crippen molar-refractivity contribution in [3.8, 4) is 5.75 Å². The zero-order valence-corrected chi connectivity index (χ0v) is 12.9. The summed E-state index contributed by atoms with van der Waals surface area (Å²) >= 11 is 1.74. The molecule has 0 unspecified atom stereocenters. The van der Waals surface area contributed by atoms with E-state index in [1.165, 1.54) is 15.8 Å². The first-order valence-corrected chi connectivity index (χ1v) is 7.56. The Morgan fingerprint density at radius 3 is 2.65 bits per heavy atom. The molecule has 0 amide bonds. The third-order valence-electron chi connectivity index (χ3n) is 2.91. The molecule has 2 nitrogen and oxygen atoms in total. The molecule has 0 aliphatic carbocycles. The van der Waals surface area contributed by atoms with Gasteiger partial charge in [0.15, 0.2) is 0 Å². The summed E-state index contributed by atoms with van der Waals surface area (Å²) in [5, 5.41) is 3.39. The predicted octanol–water partition coefficient (Wildman–Crippen LogP) is 4.27. The SMILES string of the molecule is Cc1cc(OCc2ccc(CNC(C)C)s2)ccc1F. The van der Waals surface area contributed by atoms with Gasteiger partial charge in [0.2, 0.25) is 0 Å². The molecule has 1 aromatic heterocycles. The highest BCUT2D eigenvalue weighted by atomic mass is 32.1. The maximum Gasteiger partial charge on any atom is 0.126 e. The number of thiophene rings is 1. The van der Waals surface area contributed by atoms with E-state index in [-0.39, 0.29) is 5.82 Å². The fraction of sp³-hybridized carbons (Fsp3) is 0.375. The lowest BCUT2D eigenvalue weighted by Crippen LogP contribution is -2.21. The molecular weight excluding hydrogens is 273 g/mol. The minimum atomic E-state index is -0.199. The van der Waals surface area contributed by atoms with E-state index in [0.717, 1.165) is 6.54 Å². The highest BCUT2D eigenvalue weighted by molar-refractivity contribution is 7.11.